The minimum atomic E-state index is -4.03. The van der Waals surface area contributed by atoms with Crippen LogP contribution in [0, 0.1) is 0 Å². The summed E-state index contributed by atoms with van der Waals surface area (Å²) in [5, 5.41) is 2.23. The standard InChI is InChI=1S/C16H18N4O5S/c1-11(9-12-7-5-4-6-8-12)26(22,23)20-16(21)19-15-17-13(24-2)10-14(18-15)25-3/h4-10H,1-3H3,(H2,17,18,19,20,21). The minimum Gasteiger partial charge on any atom is -0.481 e. The summed E-state index contributed by atoms with van der Waals surface area (Å²) in [6, 6.07) is 9.26. The van der Waals surface area contributed by atoms with E-state index in [4.69, 9.17) is 9.47 Å². The van der Waals surface area contributed by atoms with Crippen LogP contribution in [-0.4, -0.2) is 38.6 Å². The second-order valence-corrected chi connectivity index (χ2v) is 6.86. The van der Waals surface area contributed by atoms with E-state index in [2.05, 4.69) is 15.3 Å². The summed E-state index contributed by atoms with van der Waals surface area (Å²) in [5.41, 5.74) is 0.691. The zero-order valence-corrected chi connectivity index (χ0v) is 15.2. The first-order chi connectivity index (χ1) is 12.3. The molecular formula is C16H18N4O5S. The van der Waals surface area contributed by atoms with Crippen LogP contribution in [0.25, 0.3) is 6.08 Å². The molecule has 0 spiro atoms. The Morgan fingerprint density at radius 1 is 1.08 bits per heavy atom. The van der Waals surface area contributed by atoms with E-state index in [0.29, 0.717) is 5.56 Å². The van der Waals surface area contributed by atoms with Crippen LogP contribution in [0.2, 0.25) is 0 Å². The van der Waals surface area contributed by atoms with Crippen molar-refractivity contribution in [1.82, 2.24) is 14.7 Å². The van der Waals surface area contributed by atoms with Gasteiger partial charge in [0.15, 0.2) is 0 Å². The molecule has 138 valence electrons. The monoisotopic (exact) mass is 378 g/mol. The number of benzene rings is 1. The van der Waals surface area contributed by atoms with Gasteiger partial charge in [-0.05, 0) is 18.6 Å². The molecule has 0 saturated carbocycles. The van der Waals surface area contributed by atoms with Crippen molar-refractivity contribution in [3.05, 3.63) is 46.9 Å². The summed E-state index contributed by atoms with van der Waals surface area (Å²) in [5.74, 6) is 0.129. The summed E-state index contributed by atoms with van der Waals surface area (Å²) in [7, 11) is -1.26. The third-order valence-corrected chi connectivity index (χ3v) is 4.56. The Labute approximate surface area is 151 Å². The molecule has 9 nitrogen and oxygen atoms in total. The van der Waals surface area contributed by atoms with Crippen LogP contribution in [0.4, 0.5) is 10.7 Å². The van der Waals surface area contributed by atoms with Crippen molar-refractivity contribution in [1.29, 1.82) is 0 Å². The molecule has 0 aliphatic rings. The Morgan fingerprint density at radius 3 is 2.19 bits per heavy atom. The summed E-state index contributed by atoms with van der Waals surface area (Å²) >= 11 is 0. The smallest absolute Gasteiger partial charge is 0.335 e. The first-order valence-corrected chi connectivity index (χ1v) is 8.86. The Kier molecular flexibility index (Phi) is 6.12. The number of hydrogen-bond acceptors (Lipinski definition) is 7. The molecule has 1 aromatic carbocycles. The normalized spacial score (nSPS) is 11.6. The summed E-state index contributed by atoms with van der Waals surface area (Å²) < 4.78 is 36.3. The lowest BCUT2D eigenvalue weighted by Crippen LogP contribution is -2.35. The molecule has 0 aliphatic heterocycles. The molecule has 0 atom stereocenters. The summed E-state index contributed by atoms with van der Waals surface area (Å²) in [6.45, 7) is 1.38. The van der Waals surface area contributed by atoms with E-state index in [1.807, 2.05) is 10.8 Å². The predicted octanol–water partition coefficient (Wildman–Crippen LogP) is 2.01. The highest BCUT2D eigenvalue weighted by Gasteiger charge is 2.18. The van der Waals surface area contributed by atoms with Crippen molar-refractivity contribution in [3.8, 4) is 11.8 Å². The van der Waals surface area contributed by atoms with Gasteiger partial charge in [0.05, 0.1) is 25.2 Å². The maximum Gasteiger partial charge on any atom is 0.335 e. The number of allylic oxidation sites excluding steroid dienone is 1. The van der Waals surface area contributed by atoms with Crippen molar-refractivity contribution in [3.63, 3.8) is 0 Å². The molecule has 2 rings (SSSR count). The Balaban J connectivity index is 2.12. The van der Waals surface area contributed by atoms with E-state index in [0.717, 1.165) is 0 Å². The molecule has 1 aromatic heterocycles. The number of carbonyl (C=O) groups is 1. The van der Waals surface area contributed by atoms with E-state index in [1.54, 1.807) is 24.3 Å². The number of sulfonamides is 1. The van der Waals surface area contributed by atoms with Crippen LogP contribution in [0.3, 0.4) is 0 Å². The average Bonchev–Trinajstić information content (AvgIpc) is 2.61. The zero-order valence-electron chi connectivity index (χ0n) is 14.4. The second kappa shape index (κ2) is 8.30. The van der Waals surface area contributed by atoms with Crippen molar-refractivity contribution >= 4 is 28.1 Å². The largest absolute Gasteiger partial charge is 0.481 e. The first kappa shape index (κ1) is 19.2. The SMILES string of the molecule is COc1cc(OC)nc(NC(=O)NS(=O)(=O)C(C)=Cc2ccccc2)n1. The third-order valence-electron chi connectivity index (χ3n) is 3.14. The molecule has 0 unspecified atom stereocenters. The van der Waals surface area contributed by atoms with Crippen LogP contribution < -0.4 is 19.5 Å². The number of rotatable bonds is 6. The number of urea groups is 1. The lowest BCUT2D eigenvalue weighted by molar-refractivity contribution is 0.256. The first-order valence-electron chi connectivity index (χ1n) is 7.38. The van der Waals surface area contributed by atoms with Gasteiger partial charge in [0, 0.05) is 0 Å². The van der Waals surface area contributed by atoms with E-state index >= 15 is 0 Å². The van der Waals surface area contributed by atoms with Gasteiger partial charge in [0.25, 0.3) is 10.0 Å². The van der Waals surface area contributed by atoms with Crippen LogP contribution in [0.5, 0.6) is 11.8 Å². The molecule has 26 heavy (non-hydrogen) atoms. The molecule has 10 heteroatoms. The number of amides is 2. The number of nitrogens with zero attached hydrogens (tertiary/aromatic N) is 2. The number of anilines is 1. The number of carbonyl (C=O) groups excluding carboxylic acids is 1. The Hall–Kier alpha value is -3.14. The quantitative estimate of drug-likeness (QED) is 0.789. The Morgan fingerprint density at radius 2 is 1.65 bits per heavy atom. The fourth-order valence-electron chi connectivity index (χ4n) is 1.86. The van der Waals surface area contributed by atoms with Gasteiger partial charge in [-0.2, -0.15) is 9.97 Å². The van der Waals surface area contributed by atoms with Crippen molar-refractivity contribution in [2.75, 3.05) is 19.5 Å². The molecule has 0 radical (unpaired) electrons. The molecule has 0 saturated heterocycles. The third kappa shape index (κ3) is 5.18. The van der Waals surface area contributed by atoms with Crippen molar-refractivity contribution in [2.45, 2.75) is 6.92 Å². The van der Waals surface area contributed by atoms with Crippen molar-refractivity contribution in [2.24, 2.45) is 0 Å². The van der Waals surface area contributed by atoms with Crippen molar-refractivity contribution < 1.29 is 22.7 Å². The number of methoxy groups -OCH3 is 2. The average molecular weight is 378 g/mol. The van der Waals surface area contributed by atoms with Gasteiger partial charge in [0.1, 0.15) is 0 Å². The molecule has 0 aliphatic carbocycles. The lowest BCUT2D eigenvalue weighted by atomic mass is 10.2. The highest BCUT2D eigenvalue weighted by Crippen LogP contribution is 2.17. The van der Waals surface area contributed by atoms with Gasteiger partial charge in [-0.1, -0.05) is 30.3 Å². The van der Waals surface area contributed by atoms with E-state index in [9.17, 15) is 13.2 Å². The predicted molar refractivity (Wildman–Crippen MR) is 96.3 cm³/mol. The molecule has 0 fully saturated rings. The molecule has 2 aromatic rings. The molecular weight excluding hydrogens is 360 g/mol. The van der Waals surface area contributed by atoms with Gasteiger partial charge in [-0.25, -0.2) is 17.9 Å². The van der Waals surface area contributed by atoms with Crippen LogP contribution >= 0.6 is 0 Å². The Bertz CT molecular complexity index is 891. The molecule has 0 bridgehead atoms. The van der Waals surface area contributed by atoms with Gasteiger partial charge >= 0.3 is 6.03 Å². The van der Waals surface area contributed by atoms with Crippen LogP contribution in [0.15, 0.2) is 41.3 Å². The number of aromatic nitrogens is 2. The van der Waals surface area contributed by atoms with E-state index in [-0.39, 0.29) is 22.6 Å². The zero-order chi connectivity index (χ0) is 19.2. The molecule has 2 amide bonds. The maximum atomic E-state index is 12.3. The molecule has 2 N–H and O–H groups in total. The second-order valence-electron chi connectivity index (χ2n) is 5.00. The van der Waals surface area contributed by atoms with Crippen LogP contribution in [-0.2, 0) is 10.0 Å². The van der Waals surface area contributed by atoms with Gasteiger partial charge in [-0.3, -0.25) is 5.32 Å². The number of nitrogens with one attached hydrogen (secondary N) is 2. The number of ether oxygens (including phenoxy) is 2. The summed E-state index contributed by atoms with van der Waals surface area (Å²) in [4.78, 5) is 19.7. The minimum absolute atomic E-state index is 0.0250. The highest BCUT2D eigenvalue weighted by molar-refractivity contribution is 7.94. The highest BCUT2D eigenvalue weighted by atomic mass is 32.2. The van der Waals surface area contributed by atoms with Crippen LogP contribution in [0.1, 0.15) is 12.5 Å². The van der Waals surface area contributed by atoms with Gasteiger partial charge in [0.2, 0.25) is 17.7 Å². The van der Waals surface area contributed by atoms with Gasteiger partial charge in [-0.15, -0.1) is 0 Å². The fraction of sp³-hybridized carbons (Fsp3) is 0.188. The number of hydrogen-bond donors (Lipinski definition) is 2. The fourth-order valence-corrected chi connectivity index (χ4v) is 2.61. The maximum absolute atomic E-state index is 12.3. The van der Waals surface area contributed by atoms with E-state index < -0.39 is 16.1 Å². The van der Waals surface area contributed by atoms with E-state index in [1.165, 1.54) is 33.3 Å². The topological polar surface area (TPSA) is 120 Å². The lowest BCUT2D eigenvalue weighted by Gasteiger charge is -2.09. The van der Waals surface area contributed by atoms with Gasteiger partial charge < -0.3 is 9.47 Å². The molecule has 1 heterocycles. The summed E-state index contributed by atoms with van der Waals surface area (Å²) in [6.07, 6.45) is 1.45.